The van der Waals surface area contributed by atoms with E-state index in [0.29, 0.717) is 30.2 Å². The van der Waals surface area contributed by atoms with Gasteiger partial charge < -0.3 is 19.9 Å². The molecule has 8 heteroatoms. The molecule has 0 spiro atoms. The zero-order valence-electron chi connectivity index (χ0n) is 19.5. The van der Waals surface area contributed by atoms with Crippen molar-refractivity contribution in [3.63, 3.8) is 0 Å². The number of carbonyl (C=O) groups is 2. The third-order valence-electron chi connectivity index (χ3n) is 6.72. The summed E-state index contributed by atoms with van der Waals surface area (Å²) in [6, 6.07) is 6.31. The molecule has 1 aromatic carbocycles. The molecular weight excluding hydrogens is 420 g/mol. The number of piperidine rings is 1. The van der Waals surface area contributed by atoms with E-state index in [1.54, 1.807) is 24.3 Å². The molecule has 33 heavy (non-hydrogen) atoms. The molecule has 2 fully saturated rings. The van der Waals surface area contributed by atoms with Crippen LogP contribution >= 0.6 is 0 Å². The van der Waals surface area contributed by atoms with Gasteiger partial charge in [0.05, 0.1) is 23.2 Å². The molecular formula is C25H34N4O4. The first kappa shape index (κ1) is 23.4. The first-order valence-corrected chi connectivity index (χ1v) is 12.2. The number of carbonyl (C=O) groups excluding carboxylic acids is 2. The third-order valence-corrected chi connectivity index (χ3v) is 6.72. The fourth-order valence-electron chi connectivity index (χ4n) is 4.79. The molecule has 1 saturated heterocycles. The van der Waals surface area contributed by atoms with E-state index >= 15 is 0 Å². The van der Waals surface area contributed by atoms with Gasteiger partial charge in [-0.05, 0) is 43.7 Å². The van der Waals surface area contributed by atoms with Crippen molar-refractivity contribution < 1.29 is 14.3 Å². The standard InChI is InChI=1S/C25H34N4O4/c1-16(2)21(28-24(31)22-23(30)27-20-11-7-6-10-19(20)26-22)25(32)29-14-12-18(13-15-29)33-17-8-4-3-5-9-17/h6-7,10-11,16-18,21H,3-5,8-9,12-15H2,1-2H3,(H,27,30)(H,28,31)/t21-/m0/s1. The van der Waals surface area contributed by atoms with Gasteiger partial charge in [0.25, 0.3) is 11.5 Å². The zero-order chi connectivity index (χ0) is 23.4. The Bertz CT molecular complexity index is 1040. The van der Waals surface area contributed by atoms with Gasteiger partial charge >= 0.3 is 0 Å². The average molecular weight is 455 g/mol. The van der Waals surface area contributed by atoms with Crippen LogP contribution < -0.4 is 10.9 Å². The summed E-state index contributed by atoms with van der Waals surface area (Å²) in [7, 11) is 0. The second-order valence-electron chi connectivity index (χ2n) is 9.55. The SMILES string of the molecule is CC(C)[C@H](NC(=O)c1nc2ccccc2[nH]c1=O)C(=O)N1CCC(OC2CCCCC2)CC1. The second-order valence-corrected chi connectivity index (χ2v) is 9.55. The first-order chi connectivity index (χ1) is 15.9. The lowest BCUT2D eigenvalue weighted by Gasteiger charge is -2.37. The Kier molecular flexibility index (Phi) is 7.42. The highest BCUT2D eigenvalue weighted by atomic mass is 16.5. The van der Waals surface area contributed by atoms with Gasteiger partial charge in [-0.3, -0.25) is 14.4 Å². The summed E-state index contributed by atoms with van der Waals surface area (Å²) in [5.74, 6) is -0.881. The summed E-state index contributed by atoms with van der Waals surface area (Å²) in [5, 5.41) is 2.77. The zero-order valence-corrected chi connectivity index (χ0v) is 19.5. The number of para-hydroxylation sites is 2. The van der Waals surface area contributed by atoms with Crippen LogP contribution in [0.15, 0.2) is 29.1 Å². The molecule has 8 nitrogen and oxygen atoms in total. The Morgan fingerprint density at radius 3 is 2.42 bits per heavy atom. The predicted octanol–water partition coefficient (Wildman–Crippen LogP) is 3.02. The van der Waals surface area contributed by atoms with Crippen LogP contribution in [0.5, 0.6) is 0 Å². The van der Waals surface area contributed by atoms with Crippen LogP contribution in [0.2, 0.25) is 0 Å². The molecule has 0 bridgehead atoms. The van der Waals surface area contributed by atoms with Crippen LogP contribution in [0.25, 0.3) is 11.0 Å². The lowest BCUT2D eigenvalue weighted by molar-refractivity contribution is -0.138. The molecule has 1 aliphatic heterocycles. The number of ether oxygens (including phenoxy) is 1. The number of hydrogen-bond donors (Lipinski definition) is 2. The Morgan fingerprint density at radius 1 is 1.06 bits per heavy atom. The molecule has 2 heterocycles. The molecule has 1 aromatic heterocycles. The van der Waals surface area contributed by atoms with Crippen molar-refractivity contribution in [2.75, 3.05) is 13.1 Å². The number of fused-ring (bicyclic) bond motifs is 1. The lowest BCUT2D eigenvalue weighted by atomic mass is 9.96. The van der Waals surface area contributed by atoms with Gasteiger partial charge in [-0.2, -0.15) is 0 Å². The van der Waals surface area contributed by atoms with Gasteiger partial charge in [-0.15, -0.1) is 0 Å². The summed E-state index contributed by atoms with van der Waals surface area (Å²) < 4.78 is 6.28. The molecule has 4 rings (SSSR count). The fraction of sp³-hybridized carbons (Fsp3) is 0.600. The third kappa shape index (κ3) is 5.61. The number of hydrogen-bond acceptors (Lipinski definition) is 5. The van der Waals surface area contributed by atoms with Crippen LogP contribution in [-0.4, -0.2) is 58.0 Å². The van der Waals surface area contributed by atoms with Crippen molar-refractivity contribution >= 4 is 22.8 Å². The maximum atomic E-state index is 13.3. The van der Waals surface area contributed by atoms with Crippen molar-refractivity contribution in [3.8, 4) is 0 Å². The van der Waals surface area contributed by atoms with Gasteiger partial charge in [0.15, 0.2) is 5.69 Å². The Labute approximate surface area is 194 Å². The van der Waals surface area contributed by atoms with Gasteiger partial charge in [0.1, 0.15) is 6.04 Å². The van der Waals surface area contributed by atoms with Crippen LogP contribution in [-0.2, 0) is 9.53 Å². The highest BCUT2D eigenvalue weighted by molar-refractivity contribution is 5.97. The molecule has 178 valence electrons. The van der Waals surface area contributed by atoms with E-state index in [1.807, 2.05) is 18.7 Å². The number of nitrogens with one attached hydrogen (secondary N) is 2. The number of aromatic nitrogens is 2. The van der Waals surface area contributed by atoms with Crippen molar-refractivity contribution in [3.05, 3.63) is 40.3 Å². The van der Waals surface area contributed by atoms with Crippen LogP contribution in [0.3, 0.4) is 0 Å². The predicted molar refractivity (Wildman–Crippen MR) is 126 cm³/mol. The molecule has 0 unspecified atom stereocenters. The number of benzene rings is 1. The largest absolute Gasteiger partial charge is 0.375 e. The van der Waals surface area contributed by atoms with Gasteiger partial charge in [0, 0.05) is 13.1 Å². The lowest BCUT2D eigenvalue weighted by Crippen LogP contribution is -2.54. The van der Waals surface area contributed by atoms with Crippen molar-refractivity contribution in [1.29, 1.82) is 0 Å². The maximum Gasteiger partial charge on any atom is 0.280 e. The van der Waals surface area contributed by atoms with Crippen LogP contribution in [0, 0.1) is 5.92 Å². The summed E-state index contributed by atoms with van der Waals surface area (Å²) in [5.41, 5.74) is 0.289. The minimum absolute atomic E-state index is 0.119. The monoisotopic (exact) mass is 454 g/mol. The van der Waals surface area contributed by atoms with Gasteiger partial charge in [0.2, 0.25) is 5.91 Å². The number of nitrogens with zero attached hydrogens (tertiary/aromatic N) is 2. The number of likely N-dealkylation sites (tertiary alicyclic amines) is 1. The number of amides is 2. The second kappa shape index (κ2) is 10.5. The molecule has 2 N–H and O–H groups in total. The summed E-state index contributed by atoms with van der Waals surface area (Å²) in [6.07, 6.45) is 8.26. The number of H-pyrrole nitrogens is 1. The number of rotatable bonds is 6. The molecule has 1 atom stereocenters. The molecule has 2 aliphatic rings. The summed E-state index contributed by atoms with van der Waals surface area (Å²) in [6.45, 7) is 5.01. The quantitative estimate of drug-likeness (QED) is 0.698. The van der Waals surface area contributed by atoms with Crippen molar-refractivity contribution in [2.24, 2.45) is 5.92 Å². The molecule has 0 radical (unpaired) electrons. The fourth-order valence-corrected chi connectivity index (χ4v) is 4.79. The topological polar surface area (TPSA) is 104 Å². The summed E-state index contributed by atoms with van der Waals surface area (Å²) in [4.78, 5) is 47.3. The Morgan fingerprint density at radius 2 is 1.73 bits per heavy atom. The maximum absolute atomic E-state index is 13.3. The summed E-state index contributed by atoms with van der Waals surface area (Å²) >= 11 is 0. The van der Waals surface area contributed by atoms with E-state index in [0.717, 1.165) is 25.7 Å². The van der Waals surface area contributed by atoms with E-state index in [-0.39, 0.29) is 23.6 Å². The van der Waals surface area contributed by atoms with Crippen molar-refractivity contribution in [2.45, 2.75) is 77.0 Å². The van der Waals surface area contributed by atoms with Gasteiger partial charge in [-0.25, -0.2) is 4.98 Å². The van der Waals surface area contributed by atoms with Gasteiger partial charge in [-0.1, -0.05) is 45.2 Å². The smallest absolute Gasteiger partial charge is 0.280 e. The van der Waals surface area contributed by atoms with E-state index in [2.05, 4.69) is 15.3 Å². The average Bonchev–Trinajstić information content (AvgIpc) is 2.82. The highest BCUT2D eigenvalue weighted by Gasteiger charge is 2.33. The van der Waals surface area contributed by atoms with E-state index < -0.39 is 17.5 Å². The molecule has 2 amide bonds. The Balaban J connectivity index is 1.38. The molecule has 2 aromatic rings. The molecule has 1 saturated carbocycles. The number of aromatic amines is 1. The normalized spacial score (nSPS) is 19.1. The van der Waals surface area contributed by atoms with Crippen LogP contribution in [0.4, 0.5) is 0 Å². The first-order valence-electron chi connectivity index (χ1n) is 12.2. The van der Waals surface area contributed by atoms with E-state index in [4.69, 9.17) is 4.74 Å². The van der Waals surface area contributed by atoms with E-state index in [1.165, 1.54) is 19.3 Å². The molecule has 1 aliphatic carbocycles. The highest BCUT2D eigenvalue weighted by Crippen LogP contribution is 2.25. The van der Waals surface area contributed by atoms with Crippen LogP contribution in [0.1, 0.15) is 69.3 Å². The van der Waals surface area contributed by atoms with Crippen molar-refractivity contribution in [1.82, 2.24) is 20.2 Å². The Hall–Kier alpha value is -2.74. The minimum Gasteiger partial charge on any atom is -0.375 e. The minimum atomic E-state index is -0.721. The van der Waals surface area contributed by atoms with E-state index in [9.17, 15) is 14.4 Å².